The van der Waals surface area contributed by atoms with Gasteiger partial charge < -0.3 is 0 Å². The quantitative estimate of drug-likeness (QED) is 0.171. The number of allylic oxidation sites excluding steroid dienone is 5. The van der Waals surface area contributed by atoms with Gasteiger partial charge in [0, 0.05) is 6.08 Å². The van der Waals surface area contributed by atoms with Gasteiger partial charge in [-0.05, 0) is 99.0 Å². The molecule has 3 rings (SSSR count). The number of hydrogen-bond acceptors (Lipinski definition) is 1. The van der Waals surface area contributed by atoms with E-state index in [4.69, 9.17) is 5.26 Å². The van der Waals surface area contributed by atoms with Crippen molar-refractivity contribution < 1.29 is 0 Å². The fourth-order valence-electron chi connectivity index (χ4n) is 5.67. The van der Waals surface area contributed by atoms with Crippen LogP contribution in [0.15, 0.2) is 60.7 Å². The first-order valence-electron chi connectivity index (χ1n) is 12.7. The summed E-state index contributed by atoms with van der Waals surface area (Å²) >= 11 is 0. The Hall–Kier alpha value is -2.07. The largest absolute Gasteiger partial charge is 0.193 e. The third kappa shape index (κ3) is 7.24. The third-order valence-electron chi connectivity index (χ3n) is 7.73. The van der Waals surface area contributed by atoms with E-state index in [1.165, 1.54) is 82.6 Å². The molecule has 0 unspecified atom stereocenters. The van der Waals surface area contributed by atoms with Crippen LogP contribution in [-0.2, 0) is 6.42 Å². The Bertz CT molecular complexity index is 760. The lowest BCUT2D eigenvalue weighted by atomic mass is 9.70. The van der Waals surface area contributed by atoms with Crippen LogP contribution in [0.25, 0.3) is 0 Å². The first kappa shape index (κ1) is 23.6. The molecule has 0 aromatic heterocycles. The Kier molecular flexibility index (Phi) is 9.67. The monoisotopic (exact) mass is 415 g/mol. The van der Waals surface area contributed by atoms with Crippen LogP contribution in [0.1, 0.15) is 94.6 Å². The molecule has 0 radical (unpaired) electrons. The van der Waals surface area contributed by atoms with Gasteiger partial charge in [-0.25, -0.2) is 0 Å². The summed E-state index contributed by atoms with van der Waals surface area (Å²) in [7, 11) is 0. The van der Waals surface area contributed by atoms with Crippen molar-refractivity contribution in [3.8, 4) is 6.07 Å². The Balaban J connectivity index is 1.41. The number of unbranched alkanes of at least 4 members (excludes halogenated alkanes) is 2. The average molecular weight is 416 g/mol. The van der Waals surface area contributed by atoms with Crippen LogP contribution in [-0.4, -0.2) is 0 Å². The van der Waals surface area contributed by atoms with E-state index in [2.05, 4.69) is 43.8 Å². The van der Waals surface area contributed by atoms with Crippen LogP contribution in [0.4, 0.5) is 0 Å². The fourth-order valence-corrected chi connectivity index (χ4v) is 5.67. The maximum absolute atomic E-state index is 8.57. The lowest BCUT2D eigenvalue weighted by Gasteiger charge is -2.36. The highest BCUT2D eigenvalue weighted by molar-refractivity contribution is 5.26. The molecule has 0 aliphatic heterocycles. The summed E-state index contributed by atoms with van der Waals surface area (Å²) in [5.41, 5.74) is 4.61. The van der Waals surface area contributed by atoms with E-state index in [-0.39, 0.29) is 0 Å². The van der Waals surface area contributed by atoms with E-state index in [0.29, 0.717) is 5.92 Å². The van der Waals surface area contributed by atoms with Crippen molar-refractivity contribution in [2.75, 3.05) is 0 Å². The molecular weight excluding hydrogens is 374 g/mol. The first-order chi connectivity index (χ1) is 15.2. The van der Waals surface area contributed by atoms with Crippen molar-refractivity contribution in [2.24, 2.45) is 17.8 Å². The van der Waals surface area contributed by atoms with Gasteiger partial charge in [-0.3, -0.25) is 0 Å². The van der Waals surface area contributed by atoms with E-state index in [1.807, 2.05) is 18.2 Å². The number of aryl methyl sites for hydroxylation is 1. The van der Waals surface area contributed by atoms with Crippen LogP contribution in [0.2, 0.25) is 0 Å². The third-order valence-corrected chi connectivity index (χ3v) is 7.73. The summed E-state index contributed by atoms with van der Waals surface area (Å²) in [5.74, 6) is 2.88. The maximum Gasteiger partial charge on any atom is 0.0912 e. The number of hydrogen-bond donors (Lipinski definition) is 0. The summed E-state index contributed by atoms with van der Waals surface area (Å²) in [6.45, 7) is 6.87. The molecule has 2 aliphatic carbocycles. The zero-order valence-corrected chi connectivity index (χ0v) is 19.6. The van der Waals surface area contributed by atoms with Gasteiger partial charge in [0.05, 0.1) is 6.07 Å². The van der Waals surface area contributed by atoms with Gasteiger partial charge >= 0.3 is 0 Å². The normalized spacial score (nSPS) is 26.8. The molecule has 1 aromatic carbocycles. The van der Waals surface area contributed by atoms with Crippen molar-refractivity contribution in [1.82, 2.24) is 0 Å². The molecule has 2 fully saturated rings. The molecule has 0 atom stereocenters. The molecule has 31 heavy (non-hydrogen) atoms. The molecule has 1 heteroatoms. The molecule has 0 N–H and O–H groups in total. The van der Waals surface area contributed by atoms with Gasteiger partial charge in [0.1, 0.15) is 0 Å². The highest BCUT2D eigenvalue weighted by Gasteiger charge is 2.29. The van der Waals surface area contributed by atoms with Gasteiger partial charge in [-0.15, -0.1) is 0 Å². The molecular formula is C30H41N. The van der Waals surface area contributed by atoms with Crippen molar-refractivity contribution in [3.63, 3.8) is 0 Å². The minimum Gasteiger partial charge on any atom is -0.193 e. The zero-order valence-electron chi connectivity index (χ0n) is 19.6. The second-order valence-electron chi connectivity index (χ2n) is 9.81. The molecule has 0 heterocycles. The van der Waals surface area contributed by atoms with Gasteiger partial charge in [0.25, 0.3) is 0 Å². The number of nitrogens with zero attached hydrogens (tertiary/aromatic N) is 1. The highest BCUT2D eigenvalue weighted by Crippen LogP contribution is 2.43. The molecule has 0 amide bonds. The molecule has 1 nitrogen and oxygen atoms in total. The Labute approximate surface area is 191 Å². The van der Waals surface area contributed by atoms with Crippen LogP contribution in [0, 0.1) is 29.1 Å². The summed E-state index contributed by atoms with van der Waals surface area (Å²) in [4.78, 5) is 0. The highest BCUT2D eigenvalue weighted by atomic mass is 14.3. The SMILES string of the molecule is C=C([C@H]1CC[C@H](/C=C/C=C/C#N)CC1)[C@H]1CC[C@H](c2ccc(CCCCC)cc2)CC1. The van der Waals surface area contributed by atoms with Crippen LogP contribution in [0.3, 0.4) is 0 Å². The van der Waals surface area contributed by atoms with E-state index in [0.717, 1.165) is 17.8 Å². The summed E-state index contributed by atoms with van der Waals surface area (Å²) in [6.07, 6.45) is 23.3. The molecule has 2 saturated carbocycles. The second-order valence-corrected chi connectivity index (χ2v) is 9.81. The summed E-state index contributed by atoms with van der Waals surface area (Å²) < 4.78 is 0. The molecule has 0 spiro atoms. The van der Waals surface area contributed by atoms with Crippen LogP contribution in [0.5, 0.6) is 0 Å². The van der Waals surface area contributed by atoms with Gasteiger partial charge in [0.2, 0.25) is 0 Å². The Morgan fingerprint density at radius 1 is 0.935 bits per heavy atom. The summed E-state index contributed by atoms with van der Waals surface area (Å²) in [6, 6.07) is 11.6. The van der Waals surface area contributed by atoms with Crippen LogP contribution < -0.4 is 0 Å². The van der Waals surface area contributed by atoms with Crippen molar-refractivity contribution in [3.05, 3.63) is 71.8 Å². The molecule has 1 aromatic rings. The minimum atomic E-state index is 0.674. The average Bonchev–Trinajstić information content (AvgIpc) is 2.83. The van der Waals surface area contributed by atoms with E-state index in [1.54, 1.807) is 17.2 Å². The van der Waals surface area contributed by atoms with Gasteiger partial charge in [-0.1, -0.05) is 74.4 Å². The molecule has 0 bridgehead atoms. The van der Waals surface area contributed by atoms with Gasteiger partial charge in [-0.2, -0.15) is 5.26 Å². The van der Waals surface area contributed by atoms with E-state index in [9.17, 15) is 0 Å². The second kappa shape index (κ2) is 12.7. The van der Waals surface area contributed by atoms with Crippen molar-refractivity contribution in [2.45, 2.75) is 89.9 Å². The molecule has 166 valence electrons. The summed E-state index contributed by atoms with van der Waals surface area (Å²) in [5, 5.41) is 8.57. The minimum absolute atomic E-state index is 0.674. The standard InChI is InChI=1S/C30H41N/c1-3-4-6-9-25-13-17-29(18-14-25)30-21-19-28(20-22-30)24(2)27-15-11-26(12-16-27)10-7-5-8-23-31/h5,7-8,10,13-14,17-18,26-28,30H,2-4,6,9,11-12,15-16,19-22H2,1H3/b8-5+,10-7+/t26-,27-,28-,30-. The van der Waals surface area contributed by atoms with E-state index >= 15 is 0 Å². The topological polar surface area (TPSA) is 23.8 Å². The maximum atomic E-state index is 8.57. The molecule has 0 saturated heterocycles. The lowest BCUT2D eigenvalue weighted by molar-refractivity contribution is 0.290. The Morgan fingerprint density at radius 3 is 2.19 bits per heavy atom. The van der Waals surface area contributed by atoms with E-state index < -0.39 is 0 Å². The first-order valence-corrected chi connectivity index (χ1v) is 12.7. The predicted octanol–water partition coefficient (Wildman–Crippen LogP) is 8.69. The lowest BCUT2D eigenvalue weighted by Crippen LogP contribution is -2.22. The van der Waals surface area contributed by atoms with Crippen LogP contribution >= 0.6 is 0 Å². The molecule has 2 aliphatic rings. The number of benzene rings is 1. The van der Waals surface area contributed by atoms with Crippen molar-refractivity contribution >= 4 is 0 Å². The van der Waals surface area contributed by atoms with Crippen molar-refractivity contribution in [1.29, 1.82) is 5.26 Å². The number of nitriles is 1. The van der Waals surface area contributed by atoms with Gasteiger partial charge in [0.15, 0.2) is 0 Å². The zero-order chi connectivity index (χ0) is 21.9. The Morgan fingerprint density at radius 2 is 1.58 bits per heavy atom. The fraction of sp³-hybridized carbons (Fsp3) is 0.567. The smallest absolute Gasteiger partial charge is 0.0912 e. The number of rotatable bonds is 9. The predicted molar refractivity (Wildman–Crippen MR) is 133 cm³/mol.